The SMILES string of the molecule is Nc1ccnc(-c2cc(N)ccn2)c1.Nc1ccnc(-c2cc(N)ccn2)c1.[Cl-].[Os]. The van der Waals surface area contributed by atoms with Crippen LogP contribution in [0, 0.1) is 0 Å². The maximum Gasteiger partial charge on any atom is 0.0907 e. The third-order valence-corrected chi connectivity index (χ3v) is 3.66. The first-order chi connectivity index (χ1) is 13.5. The molecule has 4 aromatic rings. The van der Waals surface area contributed by atoms with Crippen molar-refractivity contribution >= 4 is 22.7 Å². The second-order valence-corrected chi connectivity index (χ2v) is 5.90. The Morgan fingerprint density at radius 2 is 0.633 bits per heavy atom. The molecule has 8 N–H and O–H groups in total. The van der Waals surface area contributed by atoms with Crippen LogP contribution in [0.1, 0.15) is 0 Å². The molecule has 0 aliphatic carbocycles. The van der Waals surface area contributed by atoms with Crippen LogP contribution in [0.4, 0.5) is 22.7 Å². The molecule has 0 unspecified atom stereocenters. The van der Waals surface area contributed by atoms with Gasteiger partial charge in [0.2, 0.25) is 0 Å². The summed E-state index contributed by atoms with van der Waals surface area (Å²) in [5.74, 6) is 0. The summed E-state index contributed by atoms with van der Waals surface area (Å²) in [6, 6.07) is 14.0. The Labute approximate surface area is 193 Å². The Kier molecular flexibility index (Phi) is 9.63. The van der Waals surface area contributed by atoms with E-state index in [2.05, 4.69) is 19.9 Å². The first-order valence-corrected chi connectivity index (χ1v) is 8.38. The summed E-state index contributed by atoms with van der Waals surface area (Å²) in [5, 5.41) is 0. The topological polar surface area (TPSA) is 156 Å². The van der Waals surface area contributed by atoms with Crippen LogP contribution in [0.5, 0.6) is 0 Å². The van der Waals surface area contributed by atoms with E-state index in [1.165, 1.54) is 0 Å². The molecule has 0 amide bonds. The van der Waals surface area contributed by atoms with Crippen LogP contribution in [0.3, 0.4) is 0 Å². The van der Waals surface area contributed by atoms with Crippen LogP contribution in [0.2, 0.25) is 0 Å². The van der Waals surface area contributed by atoms with Gasteiger partial charge in [0.1, 0.15) is 0 Å². The zero-order valence-corrected chi connectivity index (χ0v) is 19.1. The van der Waals surface area contributed by atoms with Crippen molar-refractivity contribution in [3.8, 4) is 22.8 Å². The van der Waals surface area contributed by atoms with E-state index < -0.39 is 0 Å². The van der Waals surface area contributed by atoms with E-state index in [4.69, 9.17) is 22.9 Å². The molecule has 4 aromatic heterocycles. The van der Waals surface area contributed by atoms with Gasteiger partial charge in [-0.2, -0.15) is 0 Å². The molecule has 4 rings (SSSR count). The molecule has 0 aromatic carbocycles. The first-order valence-electron chi connectivity index (χ1n) is 8.38. The molecule has 0 aliphatic heterocycles. The molecular weight excluding hydrogens is 578 g/mol. The van der Waals surface area contributed by atoms with Gasteiger partial charge in [-0.3, -0.25) is 19.9 Å². The molecule has 0 saturated heterocycles. The fourth-order valence-electron chi connectivity index (χ4n) is 2.35. The monoisotopic (exact) mass is 599 g/mol. The maximum absolute atomic E-state index is 5.63. The van der Waals surface area contributed by atoms with E-state index in [1.54, 1.807) is 73.3 Å². The van der Waals surface area contributed by atoms with Crippen molar-refractivity contribution in [1.82, 2.24) is 19.9 Å². The molecule has 0 bridgehead atoms. The minimum atomic E-state index is 0. The average Bonchev–Trinajstić information content (AvgIpc) is 2.69. The summed E-state index contributed by atoms with van der Waals surface area (Å²) >= 11 is 0. The number of nitrogens with two attached hydrogens (primary N) is 4. The third-order valence-electron chi connectivity index (χ3n) is 3.66. The van der Waals surface area contributed by atoms with Crippen LogP contribution in [-0.2, 0) is 19.8 Å². The number of hydrogen-bond donors (Lipinski definition) is 4. The van der Waals surface area contributed by atoms with Gasteiger partial charge >= 0.3 is 0 Å². The number of rotatable bonds is 2. The van der Waals surface area contributed by atoms with Gasteiger partial charge in [0.25, 0.3) is 0 Å². The predicted molar refractivity (Wildman–Crippen MR) is 113 cm³/mol. The average molecular weight is 598 g/mol. The van der Waals surface area contributed by atoms with Gasteiger partial charge < -0.3 is 35.3 Å². The standard InChI is InChI=1S/2C10H10N4.ClH.Os/c2*11-7-1-3-13-9(5-7)10-6-8(12)2-4-14-10;;/h2*1-6H,(H2,11,13)(H2,12,14);1H;/p-1. The molecule has 8 nitrogen and oxygen atoms in total. The molecular formula is C20H20ClN8Os-. The number of nitrogens with zero attached hydrogens (tertiary/aromatic N) is 4. The summed E-state index contributed by atoms with van der Waals surface area (Å²) in [6.07, 6.45) is 6.59. The summed E-state index contributed by atoms with van der Waals surface area (Å²) in [4.78, 5) is 16.6. The Morgan fingerprint density at radius 1 is 0.433 bits per heavy atom. The van der Waals surface area contributed by atoms with E-state index in [1.807, 2.05) is 0 Å². The summed E-state index contributed by atoms with van der Waals surface area (Å²) in [5.41, 5.74) is 28.1. The van der Waals surface area contributed by atoms with Crippen LogP contribution in [0.15, 0.2) is 73.3 Å². The fraction of sp³-hybridized carbons (Fsp3) is 0. The van der Waals surface area contributed by atoms with Crippen molar-refractivity contribution in [3.05, 3.63) is 73.3 Å². The molecule has 4 heterocycles. The molecule has 156 valence electrons. The van der Waals surface area contributed by atoms with Crippen LogP contribution >= 0.6 is 0 Å². The van der Waals surface area contributed by atoms with Gasteiger partial charge in [0.05, 0.1) is 22.8 Å². The van der Waals surface area contributed by atoms with E-state index in [0.717, 1.165) is 22.8 Å². The first kappa shape index (κ1) is 24.8. The Bertz CT molecular complexity index is 919. The second kappa shape index (κ2) is 11.7. The van der Waals surface area contributed by atoms with Crippen molar-refractivity contribution in [1.29, 1.82) is 0 Å². The van der Waals surface area contributed by atoms with Gasteiger partial charge in [0.15, 0.2) is 0 Å². The smallest absolute Gasteiger partial charge is 0.0907 e. The number of halogens is 1. The van der Waals surface area contributed by atoms with Gasteiger partial charge in [-0.15, -0.1) is 0 Å². The zero-order valence-electron chi connectivity index (χ0n) is 15.8. The van der Waals surface area contributed by atoms with Gasteiger partial charge in [-0.25, -0.2) is 0 Å². The molecule has 0 fully saturated rings. The molecule has 0 aliphatic rings. The minimum absolute atomic E-state index is 0. The summed E-state index contributed by atoms with van der Waals surface area (Å²) in [6.45, 7) is 0. The van der Waals surface area contributed by atoms with Crippen molar-refractivity contribution < 1.29 is 32.2 Å². The number of anilines is 4. The van der Waals surface area contributed by atoms with Crippen molar-refractivity contribution in [2.45, 2.75) is 0 Å². The van der Waals surface area contributed by atoms with Gasteiger partial charge in [0, 0.05) is 67.3 Å². The van der Waals surface area contributed by atoms with Crippen molar-refractivity contribution in [2.75, 3.05) is 22.9 Å². The number of aromatic nitrogens is 4. The molecule has 0 spiro atoms. The molecule has 0 saturated carbocycles. The third kappa shape index (κ3) is 6.96. The number of hydrogen-bond acceptors (Lipinski definition) is 8. The second-order valence-electron chi connectivity index (χ2n) is 5.90. The van der Waals surface area contributed by atoms with E-state index in [-0.39, 0.29) is 32.2 Å². The molecule has 0 radical (unpaired) electrons. The Morgan fingerprint density at radius 3 is 0.800 bits per heavy atom. The largest absolute Gasteiger partial charge is 1.00 e. The van der Waals surface area contributed by atoms with Crippen LogP contribution in [-0.4, -0.2) is 19.9 Å². The quantitative estimate of drug-likeness (QED) is 0.244. The predicted octanol–water partition coefficient (Wildman–Crippen LogP) is -0.382. The summed E-state index contributed by atoms with van der Waals surface area (Å²) < 4.78 is 0. The fourth-order valence-corrected chi connectivity index (χ4v) is 2.35. The number of nitrogen functional groups attached to an aromatic ring is 4. The summed E-state index contributed by atoms with van der Waals surface area (Å²) in [7, 11) is 0. The maximum atomic E-state index is 5.63. The molecule has 0 atom stereocenters. The normalized spacial score (nSPS) is 9.33. The van der Waals surface area contributed by atoms with E-state index in [0.29, 0.717) is 22.7 Å². The van der Waals surface area contributed by atoms with Gasteiger partial charge in [-0.1, -0.05) is 0 Å². The molecule has 10 heteroatoms. The zero-order chi connectivity index (χ0) is 19.9. The van der Waals surface area contributed by atoms with Crippen molar-refractivity contribution in [3.63, 3.8) is 0 Å². The number of pyridine rings is 4. The van der Waals surface area contributed by atoms with E-state index in [9.17, 15) is 0 Å². The van der Waals surface area contributed by atoms with Crippen LogP contribution in [0.25, 0.3) is 22.8 Å². The van der Waals surface area contributed by atoms with Gasteiger partial charge in [-0.05, 0) is 48.5 Å². The van der Waals surface area contributed by atoms with E-state index >= 15 is 0 Å². The minimum Gasteiger partial charge on any atom is -1.00 e. The molecule has 30 heavy (non-hydrogen) atoms. The Balaban J connectivity index is 0.000000281. The van der Waals surface area contributed by atoms with Crippen molar-refractivity contribution in [2.24, 2.45) is 0 Å². The van der Waals surface area contributed by atoms with Crippen LogP contribution < -0.4 is 35.3 Å². The Hall–Kier alpha value is -3.27.